The predicted molar refractivity (Wildman–Crippen MR) is 111 cm³/mol. The van der Waals surface area contributed by atoms with Crippen molar-refractivity contribution in [3.05, 3.63) is 78.2 Å². The summed E-state index contributed by atoms with van der Waals surface area (Å²) in [5, 5.41) is 2.92. The van der Waals surface area contributed by atoms with Crippen molar-refractivity contribution in [3.63, 3.8) is 0 Å². The molecule has 2 aromatic heterocycles. The third-order valence-corrected chi connectivity index (χ3v) is 5.08. The van der Waals surface area contributed by atoms with Crippen molar-refractivity contribution in [2.24, 2.45) is 0 Å². The van der Waals surface area contributed by atoms with Crippen LogP contribution in [-0.4, -0.2) is 29.0 Å². The van der Waals surface area contributed by atoms with Crippen LogP contribution < -0.4 is 10.2 Å². The summed E-state index contributed by atoms with van der Waals surface area (Å²) in [6.45, 7) is 2.65. The average Bonchev–Trinajstić information content (AvgIpc) is 2.79. The zero-order valence-electron chi connectivity index (χ0n) is 15.8. The third kappa shape index (κ3) is 4.36. The Labute approximate surface area is 165 Å². The minimum atomic E-state index is -0.0889. The molecule has 1 aliphatic rings. The SMILES string of the molecule is O=C(NCc1cccnc1)c1ccc(-c2ccc(N3CCCCC3)nc2)cc1. The standard InChI is InChI=1S/C23H24N4O/c28-23(26-16-18-5-4-12-24-15-18)20-8-6-19(7-9-20)21-10-11-22(25-17-21)27-13-2-1-3-14-27/h4-12,15,17H,1-3,13-14,16H2,(H,26,28). The zero-order chi connectivity index (χ0) is 19.2. The number of hydrogen-bond acceptors (Lipinski definition) is 4. The Bertz CT molecular complexity index is 902. The molecule has 0 aliphatic carbocycles. The fraction of sp³-hybridized carbons (Fsp3) is 0.261. The van der Waals surface area contributed by atoms with E-state index in [1.165, 1.54) is 19.3 Å². The number of rotatable bonds is 5. The van der Waals surface area contributed by atoms with Gasteiger partial charge in [0.15, 0.2) is 0 Å². The predicted octanol–water partition coefficient (Wildman–Crippen LogP) is 4.06. The van der Waals surface area contributed by atoms with E-state index < -0.39 is 0 Å². The lowest BCUT2D eigenvalue weighted by Crippen LogP contribution is -2.29. The van der Waals surface area contributed by atoms with Gasteiger partial charge in [-0.25, -0.2) is 4.98 Å². The minimum absolute atomic E-state index is 0.0889. The Morgan fingerprint density at radius 2 is 1.71 bits per heavy atom. The van der Waals surface area contributed by atoms with E-state index in [2.05, 4.69) is 32.3 Å². The number of carbonyl (C=O) groups excluding carboxylic acids is 1. The molecule has 0 saturated carbocycles. The number of aromatic nitrogens is 2. The fourth-order valence-corrected chi connectivity index (χ4v) is 3.47. The van der Waals surface area contributed by atoms with E-state index in [1.807, 2.05) is 42.6 Å². The van der Waals surface area contributed by atoms with Gasteiger partial charge in [-0.05, 0) is 60.7 Å². The first-order valence-corrected chi connectivity index (χ1v) is 9.78. The second-order valence-corrected chi connectivity index (χ2v) is 7.07. The second kappa shape index (κ2) is 8.65. The molecule has 1 N–H and O–H groups in total. The topological polar surface area (TPSA) is 58.1 Å². The van der Waals surface area contributed by atoms with E-state index in [9.17, 15) is 4.79 Å². The number of nitrogens with zero attached hydrogens (tertiary/aromatic N) is 3. The first-order chi connectivity index (χ1) is 13.8. The van der Waals surface area contributed by atoms with Crippen molar-refractivity contribution in [2.45, 2.75) is 25.8 Å². The number of hydrogen-bond donors (Lipinski definition) is 1. The number of piperidine rings is 1. The summed E-state index contributed by atoms with van der Waals surface area (Å²) in [4.78, 5) is 23.4. The van der Waals surface area contributed by atoms with Crippen LogP contribution in [0.4, 0.5) is 5.82 Å². The Kier molecular flexibility index (Phi) is 5.61. The lowest BCUT2D eigenvalue weighted by atomic mass is 10.0. The normalized spacial score (nSPS) is 13.9. The van der Waals surface area contributed by atoms with E-state index in [4.69, 9.17) is 0 Å². The molecule has 142 valence electrons. The maximum Gasteiger partial charge on any atom is 0.251 e. The molecule has 1 saturated heterocycles. The molecule has 5 nitrogen and oxygen atoms in total. The number of amides is 1. The van der Waals surface area contributed by atoms with Gasteiger partial charge in [0.2, 0.25) is 0 Å². The highest BCUT2D eigenvalue weighted by atomic mass is 16.1. The molecule has 3 heterocycles. The molecule has 1 aliphatic heterocycles. The molecule has 1 amide bonds. The van der Waals surface area contributed by atoms with Gasteiger partial charge >= 0.3 is 0 Å². The van der Waals surface area contributed by atoms with Crippen LogP contribution in [0.2, 0.25) is 0 Å². The Morgan fingerprint density at radius 1 is 0.929 bits per heavy atom. The zero-order valence-corrected chi connectivity index (χ0v) is 15.8. The van der Waals surface area contributed by atoms with Crippen LogP contribution in [0.3, 0.4) is 0 Å². The molecule has 4 rings (SSSR count). The van der Waals surface area contributed by atoms with Crippen molar-refractivity contribution in [3.8, 4) is 11.1 Å². The summed E-state index contributed by atoms with van der Waals surface area (Å²) in [6.07, 6.45) is 9.20. The van der Waals surface area contributed by atoms with Crippen LogP contribution in [0.1, 0.15) is 35.2 Å². The van der Waals surface area contributed by atoms with Crippen molar-refractivity contribution in [2.75, 3.05) is 18.0 Å². The quantitative estimate of drug-likeness (QED) is 0.734. The van der Waals surface area contributed by atoms with E-state index in [-0.39, 0.29) is 5.91 Å². The molecule has 0 radical (unpaired) electrons. The maximum absolute atomic E-state index is 12.3. The summed E-state index contributed by atoms with van der Waals surface area (Å²) < 4.78 is 0. The van der Waals surface area contributed by atoms with Crippen LogP contribution in [0.5, 0.6) is 0 Å². The molecule has 1 fully saturated rings. The number of pyridine rings is 2. The van der Waals surface area contributed by atoms with Gasteiger partial charge in [-0.15, -0.1) is 0 Å². The van der Waals surface area contributed by atoms with Crippen LogP contribution in [0.25, 0.3) is 11.1 Å². The molecule has 1 aromatic carbocycles. The van der Waals surface area contributed by atoms with E-state index in [0.29, 0.717) is 12.1 Å². The number of anilines is 1. The molecular formula is C23H24N4O. The summed E-state index contributed by atoms with van der Waals surface area (Å²) in [5.74, 6) is 0.962. The highest BCUT2D eigenvalue weighted by molar-refractivity contribution is 5.94. The molecule has 3 aromatic rings. The summed E-state index contributed by atoms with van der Waals surface area (Å²) in [7, 11) is 0. The van der Waals surface area contributed by atoms with E-state index >= 15 is 0 Å². The fourth-order valence-electron chi connectivity index (χ4n) is 3.47. The molecule has 0 unspecified atom stereocenters. The lowest BCUT2D eigenvalue weighted by molar-refractivity contribution is 0.0951. The van der Waals surface area contributed by atoms with Crippen molar-refractivity contribution < 1.29 is 4.79 Å². The first kappa shape index (κ1) is 18.2. The van der Waals surface area contributed by atoms with Crippen LogP contribution in [0.15, 0.2) is 67.1 Å². The number of benzene rings is 1. The molecular weight excluding hydrogens is 348 g/mol. The Morgan fingerprint density at radius 3 is 2.39 bits per heavy atom. The summed E-state index contributed by atoms with van der Waals surface area (Å²) in [6, 6.07) is 15.6. The molecule has 0 atom stereocenters. The van der Waals surface area contributed by atoms with Gasteiger partial charge in [0.1, 0.15) is 5.82 Å². The van der Waals surface area contributed by atoms with E-state index in [0.717, 1.165) is 35.6 Å². The summed E-state index contributed by atoms with van der Waals surface area (Å²) >= 11 is 0. The smallest absolute Gasteiger partial charge is 0.251 e. The van der Waals surface area contributed by atoms with Gasteiger partial charge in [-0.1, -0.05) is 18.2 Å². The van der Waals surface area contributed by atoms with Crippen LogP contribution in [-0.2, 0) is 6.54 Å². The van der Waals surface area contributed by atoms with Crippen molar-refractivity contribution in [1.29, 1.82) is 0 Å². The first-order valence-electron chi connectivity index (χ1n) is 9.78. The van der Waals surface area contributed by atoms with Crippen LogP contribution in [0, 0.1) is 0 Å². The molecule has 0 spiro atoms. The largest absolute Gasteiger partial charge is 0.357 e. The van der Waals surface area contributed by atoms with Crippen LogP contribution >= 0.6 is 0 Å². The van der Waals surface area contributed by atoms with Gasteiger partial charge in [-0.3, -0.25) is 9.78 Å². The van der Waals surface area contributed by atoms with Crippen molar-refractivity contribution >= 4 is 11.7 Å². The monoisotopic (exact) mass is 372 g/mol. The second-order valence-electron chi connectivity index (χ2n) is 7.07. The van der Waals surface area contributed by atoms with Gasteiger partial charge < -0.3 is 10.2 Å². The average molecular weight is 372 g/mol. The minimum Gasteiger partial charge on any atom is -0.357 e. The maximum atomic E-state index is 12.3. The highest BCUT2D eigenvalue weighted by Crippen LogP contribution is 2.23. The molecule has 0 bridgehead atoms. The van der Waals surface area contributed by atoms with Crippen molar-refractivity contribution in [1.82, 2.24) is 15.3 Å². The third-order valence-electron chi connectivity index (χ3n) is 5.08. The summed E-state index contributed by atoms with van der Waals surface area (Å²) in [5.41, 5.74) is 3.74. The number of nitrogens with one attached hydrogen (secondary N) is 1. The highest BCUT2D eigenvalue weighted by Gasteiger charge is 2.12. The Hall–Kier alpha value is -3.21. The number of carbonyl (C=O) groups is 1. The van der Waals surface area contributed by atoms with Gasteiger partial charge in [0, 0.05) is 49.4 Å². The van der Waals surface area contributed by atoms with Gasteiger partial charge in [-0.2, -0.15) is 0 Å². The Balaban J connectivity index is 1.39. The van der Waals surface area contributed by atoms with Gasteiger partial charge in [0.05, 0.1) is 0 Å². The van der Waals surface area contributed by atoms with Gasteiger partial charge in [0.25, 0.3) is 5.91 Å². The van der Waals surface area contributed by atoms with E-state index in [1.54, 1.807) is 12.4 Å². The molecule has 5 heteroatoms. The lowest BCUT2D eigenvalue weighted by Gasteiger charge is -2.27. The molecule has 28 heavy (non-hydrogen) atoms.